The van der Waals surface area contributed by atoms with Gasteiger partial charge in [-0.2, -0.15) is 51.3 Å². The summed E-state index contributed by atoms with van der Waals surface area (Å²) in [5.41, 5.74) is 1.98. The molecule has 3 unspecified atom stereocenters. The Hall–Kier alpha value is -10.6. The molecular weight excluding hydrogens is 1430 g/mol. The second kappa shape index (κ2) is 35.1. The van der Waals surface area contributed by atoms with Crippen molar-refractivity contribution in [3.63, 3.8) is 0 Å². The van der Waals surface area contributed by atoms with E-state index in [9.17, 15) is 66.6 Å². The van der Waals surface area contributed by atoms with Crippen molar-refractivity contribution in [3.05, 3.63) is 167 Å². The quantitative estimate of drug-likeness (QED) is 0.00667. The van der Waals surface area contributed by atoms with E-state index >= 15 is 0 Å². The second-order valence-corrected chi connectivity index (χ2v) is 26.7. The average Bonchev–Trinajstić information content (AvgIpc) is 0.781. The maximum absolute atomic E-state index is 14.1. The Labute approximate surface area is 569 Å². The minimum Gasteiger partial charge on any atom is -0.446 e. The molecule has 9 N–H and O–H groups in total. The number of rotatable bonds is 39. The van der Waals surface area contributed by atoms with E-state index in [4.69, 9.17) is 41.1 Å². The number of hydrogen-bond donors (Lipinski definition) is 9. The van der Waals surface area contributed by atoms with Crippen LogP contribution in [-0.4, -0.2) is 129 Å². The number of nitrogens with zero attached hydrogens (tertiary/aromatic N) is 3. The third kappa shape index (κ3) is 21.9. The van der Waals surface area contributed by atoms with E-state index in [1.165, 1.54) is 54.6 Å². The monoisotopic (exact) mass is 1480 g/mol. The molecule has 0 aliphatic heterocycles. The van der Waals surface area contributed by atoms with Crippen LogP contribution in [0.15, 0.2) is 187 Å². The lowest BCUT2D eigenvalue weighted by atomic mass is 10.1. The number of aromatic nitrogens is 3. The summed E-state index contributed by atoms with van der Waals surface area (Å²) < 4.78 is 179. The number of hydrogen-bond acceptors (Lipinski definition) is 31. The molecule has 0 saturated heterocycles. The van der Waals surface area contributed by atoms with E-state index in [2.05, 4.69) is 99.5 Å². The predicted molar refractivity (Wildman–Crippen MR) is 354 cm³/mol. The third-order valence-electron chi connectivity index (χ3n) is 12.1. The van der Waals surface area contributed by atoms with Gasteiger partial charge in [-0.05, 0) is 89.0 Å². The number of carbonyl (C=O) groups excluding carboxylic acids is 6. The molecule has 6 aromatic carbocycles. The minimum absolute atomic E-state index is 0.0130. The van der Waals surface area contributed by atoms with Crippen molar-refractivity contribution in [2.45, 2.75) is 19.6 Å². The summed E-state index contributed by atoms with van der Waals surface area (Å²) in [6.07, 6.45) is 4.94. The molecule has 0 aliphatic carbocycles. The van der Waals surface area contributed by atoms with Crippen LogP contribution in [-0.2, 0) is 125 Å². The van der Waals surface area contributed by atoms with Gasteiger partial charge in [-0.25, -0.2) is 58.2 Å². The molecule has 42 heteroatoms. The van der Waals surface area contributed by atoms with Gasteiger partial charge in [-0.1, -0.05) is 51.6 Å². The van der Waals surface area contributed by atoms with Gasteiger partial charge >= 0.3 is 35.8 Å². The lowest BCUT2D eigenvalue weighted by Crippen LogP contribution is -2.28. The molecule has 7 rings (SSSR count). The van der Waals surface area contributed by atoms with E-state index in [0.717, 1.165) is 72.9 Å². The van der Waals surface area contributed by atoms with E-state index < -0.39 is 172 Å². The van der Waals surface area contributed by atoms with Crippen molar-refractivity contribution >= 4 is 167 Å². The third-order valence-corrected chi connectivity index (χ3v) is 18.5. The Bertz CT molecular complexity index is 4820. The Morgan fingerprint density at radius 2 is 0.737 bits per heavy atom. The zero-order valence-electron chi connectivity index (χ0n) is 50.7. The number of sulfonamides is 3. The lowest BCUT2D eigenvalue weighted by Gasteiger charge is -2.17. The number of ether oxygens (including phenoxy) is 6. The fourth-order valence-corrected chi connectivity index (χ4v) is 12.2. The first-order valence-electron chi connectivity index (χ1n) is 27.2. The molecule has 522 valence electrons. The summed E-state index contributed by atoms with van der Waals surface area (Å²) >= 11 is -7.35. The van der Waals surface area contributed by atoms with Crippen LogP contribution >= 0.6 is 0 Å². The Balaban J connectivity index is 1.43. The summed E-state index contributed by atoms with van der Waals surface area (Å²) in [5, 5.41) is 9.54. The van der Waals surface area contributed by atoms with Gasteiger partial charge in [0.2, 0.25) is 59.0 Å². The van der Waals surface area contributed by atoms with Gasteiger partial charge in [0.1, 0.15) is 11.5 Å². The molecule has 0 bridgehead atoms. The summed E-state index contributed by atoms with van der Waals surface area (Å²) in [4.78, 5) is 82.6. The van der Waals surface area contributed by atoms with Gasteiger partial charge in [0.15, 0.2) is 40.4 Å². The highest BCUT2D eigenvalue weighted by Gasteiger charge is 2.24. The van der Waals surface area contributed by atoms with Crippen LogP contribution in [0.3, 0.4) is 0 Å². The summed E-state index contributed by atoms with van der Waals surface area (Å²) in [6.45, 7) is 15.3. The van der Waals surface area contributed by atoms with Gasteiger partial charge in [-0.15, -0.1) is 5.48 Å². The molecule has 36 nitrogen and oxygen atoms in total. The smallest absolute Gasteiger partial charge is 0.331 e. The first-order valence-corrected chi connectivity index (χ1v) is 34.9. The van der Waals surface area contributed by atoms with Crippen LogP contribution in [0, 0.1) is 0 Å². The molecule has 99 heavy (non-hydrogen) atoms. The number of carbonyl (C=O) groups is 6. The highest BCUT2D eigenvalue weighted by atomic mass is 32.2. The molecule has 1 aromatic heterocycles. The van der Waals surface area contributed by atoms with Crippen LogP contribution in [0.2, 0.25) is 0 Å². The summed E-state index contributed by atoms with van der Waals surface area (Å²) in [5.74, 6) is -7.12. The van der Waals surface area contributed by atoms with Crippen LogP contribution in [0.5, 0.6) is 11.5 Å². The van der Waals surface area contributed by atoms with Gasteiger partial charge in [-0.3, -0.25) is 0 Å². The number of esters is 6. The zero-order chi connectivity index (χ0) is 72.0. The molecule has 7 aromatic rings. The van der Waals surface area contributed by atoms with Crippen molar-refractivity contribution < 1.29 is 108 Å². The average molecular weight is 1480 g/mol. The maximum atomic E-state index is 14.1. The second-order valence-electron chi connectivity index (χ2n) is 18.4. The van der Waals surface area contributed by atoms with Gasteiger partial charge in [0, 0.05) is 58.7 Å². The van der Waals surface area contributed by atoms with Crippen LogP contribution < -0.4 is 53.4 Å². The molecule has 3 atom stereocenters. The lowest BCUT2D eigenvalue weighted by molar-refractivity contribution is -0.141. The van der Waals surface area contributed by atoms with E-state index in [0.29, 0.717) is 0 Å². The van der Waals surface area contributed by atoms with Crippen molar-refractivity contribution in [1.29, 1.82) is 0 Å². The molecular formula is C57H54N12O24S6. The molecule has 0 saturated carbocycles. The molecule has 0 amide bonds. The van der Waals surface area contributed by atoms with Crippen LogP contribution in [0.1, 0.15) is 0 Å². The fraction of sp³-hybridized carbons (Fsp3) is 0.105. The standard InChI is InChI=1S/C57H54N12O24S6/c1-7-49(70)85-28-58-93-94(76)39-21-35-22-40(97(79,80)61-31-88-52(73)10-4)14-17-44(35)47(26-39)65-56-67-55(64-46-25-38(92-96(78)60-30-87-51(72)9-3)20-34-19-37(13-16-43(34)46)91-95(77)59-29-86-50(71)8-2)68-57(69-56)66-48-27-42(99(83,84)63-33-90-54(75)12-6)24-36-23-41(15-18-45(36)48)98(81,82)62-32-89-53(74)11-5/h7-27,58-63H,1-6,28-33H2,(H3,64,65,66,67,68,69). The number of anilines is 6. The van der Waals surface area contributed by atoms with Gasteiger partial charge in [0.25, 0.3) is 22.5 Å². The zero-order valence-corrected chi connectivity index (χ0v) is 55.6. The van der Waals surface area contributed by atoms with Crippen LogP contribution in [0.25, 0.3) is 32.3 Å². The highest BCUT2D eigenvalue weighted by molar-refractivity contribution is 7.90. The molecule has 0 aliphatic rings. The first-order chi connectivity index (χ1) is 47.2. The fourth-order valence-electron chi connectivity index (χ4n) is 7.76. The first kappa shape index (κ1) is 75.8. The Kier molecular flexibility index (Phi) is 26.8. The van der Waals surface area contributed by atoms with E-state index in [1.807, 2.05) is 0 Å². The van der Waals surface area contributed by atoms with Crippen LogP contribution in [0.4, 0.5) is 34.9 Å². The summed E-state index contributed by atoms with van der Waals surface area (Å²) in [6, 6.07) is 18.5. The SMILES string of the molecule is C=CC(=O)OCNOS(=O)c1cc(Nc2nc(Nc3cc(OS(=O)NCOC(=O)C=C)cc4cc(OS(=O)NCOC(=O)C=C)ccc34)nc(Nc3cc(S(=O)(=O)NCOC(=O)C=C)cc4cc(S(=O)(=O)NCOC(=O)C=C)ccc34)n2)c2ccc(S(=O)(=O)NCOC(=O)C=C)cc2c1. The largest absolute Gasteiger partial charge is 0.446 e. The van der Waals surface area contributed by atoms with E-state index in [-0.39, 0.29) is 65.8 Å². The molecule has 0 radical (unpaired) electrons. The van der Waals surface area contributed by atoms with E-state index in [1.54, 1.807) is 0 Å². The molecule has 1 heterocycles. The Morgan fingerprint density at radius 3 is 1.18 bits per heavy atom. The topological polar surface area (TPSA) is 486 Å². The number of fused-ring (bicyclic) bond motifs is 3. The minimum atomic E-state index is -4.73. The van der Waals surface area contributed by atoms with Gasteiger partial charge < -0.3 is 52.7 Å². The molecule has 0 fully saturated rings. The number of hydroxylamine groups is 1. The Morgan fingerprint density at radius 1 is 0.394 bits per heavy atom. The summed E-state index contributed by atoms with van der Waals surface area (Å²) in [7, 11) is -13.7. The highest BCUT2D eigenvalue weighted by Crippen LogP contribution is 2.37. The van der Waals surface area contributed by atoms with Gasteiger partial charge in [0.05, 0.1) is 36.6 Å². The molecule has 0 spiro atoms. The van der Waals surface area contributed by atoms with Crippen molar-refractivity contribution in [2.24, 2.45) is 0 Å². The maximum Gasteiger partial charge on any atom is 0.331 e. The number of benzene rings is 6. The van der Waals surface area contributed by atoms with Crippen molar-refractivity contribution in [1.82, 2.24) is 44.0 Å². The predicted octanol–water partition coefficient (Wildman–Crippen LogP) is 3.16. The van der Waals surface area contributed by atoms with Crippen molar-refractivity contribution in [2.75, 3.05) is 56.3 Å². The normalized spacial score (nSPS) is 12.3. The number of nitrogens with one attached hydrogen (secondary N) is 9. The van der Waals surface area contributed by atoms with Crippen molar-refractivity contribution in [3.8, 4) is 11.5 Å².